The number of anilines is 1. The standard InChI is InChI=1S/C20H24N2O7/c1-27-12-7-8-16(28-2)15(9-12)21-17(23)11-29-18(24)10-22-19(25)13-5-3-4-6-14(13)20(22)26/h7-9,13-14H,3-6,10-11H2,1-2H3,(H,21,23)/t13-,14-/m1/s1. The van der Waals surface area contributed by atoms with Crippen molar-refractivity contribution in [3.8, 4) is 11.5 Å². The molecule has 1 aliphatic heterocycles. The minimum absolute atomic E-state index is 0.317. The molecule has 0 spiro atoms. The molecule has 29 heavy (non-hydrogen) atoms. The molecule has 9 heteroatoms. The van der Waals surface area contributed by atoms with Crippen molar-refractivity contribution in [2.24, 2.45) is 11.8 Å². The van der Waals surface area contributed by atoms with Gasteiger partial charge in [0.15, 0.2) is 6.61 Å². The second-order valence-corrected chi connectivity index (χ2v) is 7.04. The number of hydrogen-bond donors (Lipinski definition) is 1. The molecule has 2 fully saturated rings. The zero-order valence-corrected chi connectivity index (χ0v) is 16.4. The fraction of sp³-hybridized carbons (Fsp3) is 0.500. The molecule has 2 atom stereocenters. The molecule has 0 unspecified atom stereocenters. The lowest BCUT2D eigenvalue weighted by Gasteiger charge is -2.19. The van der Waals surface area contributed by atoms with Gasteiger partial charge in [0.05, 0.1) is 31.7 Å². The maximum absolute atomic E-state index is 12.4. The molecule has 1 N–H and O–H groups in total. The maximum Gasteiger partial charge on any atom is 0.326 e. The van der Waals surface area contributed by atoms with E-state index >= 15 is 0 Å². The first kappa shape index (κ1) is 20.6. The van der Waals surface area contributed by atoms with Gasteiger partial charge in [0, 0.05) is 6.07 Å². The summed E-state index contributed by atoms with van der Waals surface area (Å²) in [5.41, 5.74) is 0.363. The Balaban J connectivity index is 1.52. The molecule has 1 heterocycles. The van der Waals surface area contributed by atoms with Crippen LogP contribution >= 0.6 is 0 Å². The van der Waals surface area contributed by atoms with Crippen molar-refractivity contribution < 1.29 is 33.4 Å². The number of carbonyl (C=O) groups is 4. The minimum atomic E-state index is -0.807. The van der Waals surface area contributed by atoms with Crippen LogP contribution < -0.4 is 14.8 Å². The molecular formula is C20H24N2O7. The van der Waals surface area contributed by atoms with Crippen LogP contribution in [0.5, 0.6) is 11.5 Å². The van der Waals surface area contributed by atoms with Crippen molar-refractivity contribution in [3.63, 3.8) is 0 Å². The summed E-state index contributed by atoms with van der Waals surface area (Å²) < 4.78 is 15.2. The summed E-state index contributed by atoms with van der Waals surface area (Å²) in [6, 6.07) is 4.88. The van der Waals surface area contributed by atoms with Crippen molar-refractivity contribution in [2.75, 3.05) is 32.7 Å². The average molecular weight is 404 g/mol. The largest absolute Gasteiger partial charge is 0.497 e. The monoisotopic (exact) mass is 404 g/mol. The predicted molar refractivity (Wildman–Crippen MR) is 101 cm³/mol. The number of fused-ring (bicyclic) bond motifs is 1. The van der Waals surface area contributed by atoms with Crippen molar-refractivity contribution >= 4 is 29.4 Å². The number of amides is 3. The molecule has 156 valence electrons. The van der Waals surface area contributed by atoms with E-state index in [0.717, 1.165) is 17.7 Å². The van der Waals surface area contributed by atoms with E-state index in [1.807, 2.05) is 0 Å². The average Bonchev–Trinajstić information content (AvgIpc) is 2.97. The van der Waals surface area contributed by atoms with Crippen LogP contribution in [-0.4, -0.2) is 56.0 Å². The Bertz CT molecular complexity index is 799. The van der Waals surface area contributed by atoms with Gasteiger partial charge < -0.3 is 19.5 Å². The van der Waals surface area contributed by atoms with E-state index in [9.17, 15) is 19.2 Å². The van der Waals surface area contributed by atoms with E-state index in [1.54, 1.807) is 18.2 Å². The fourth-order valence-corrected chi connectivity index (χ4v) is 3.81. The van der Waals surface area contributed by atoms with Crippen LogP contribution in [0, 0.1) is 11.8 Å². The maximum atomic E-state index is 12.4. The Hall–Kier alpha value is -3.10. The highest BCUT2D eigenvalue weighted by molar-refractivity contribution is 6.07. The molecule has 9 nitrogen and oxygen atoms in total. The molecule has 1 saturated carbocycles. The molecule has 0 radical (unpaired) electrons. The number of rotatable bonds is 7. The first-order valence-corrected chi connectivity index (χ1v) is 9.47. The summed E-state index contributed by atoms with van der Waals surface area (Å²) in [5, 5.41) is 2.57. The number of benzene rings is 1. The Labute approximate surface area is 168 Å². The minimum Gasteiger partial charge on any atom is -0.497 e. The Morgan fingerprint density at radius 3 is 2.31 bits per heavy atom. The summed E-state index contributed by atoms with van der Waals surface area (Å²) in [6.07, 6.45) is 3.16. The first-order valence-electron chi connectivity index (χ1n) is 9.47. The van der Waals surface area contributed by atoms with Gasteiger partial charge in [0.25, 0.3) is 5.91 Å². The zero-order chi connectivity index (χ0) is 21.0. The first-order chi connectivity index (χ1) is 13.9. The normalized spacial score (nSPS) is 20.8. The molecule has 2 aliphatic rings. The zero-order valence-electron chi connectivity index (χ0n) is 16.4. The molecule has 3 amide bonds. The number of methoxy groups -OCH3 is 2. The van der Waals surface area contributed by atoms with Gasteiger partial charge in [-0.05, 0) is 25.0 Å². The summed E-state index contributed by atoms with van der Waals surface area (Å²) in [6.45, 7) is -1.03. The molecule has 1 aromatic rings. The number of nitrogens with zero attached hydrogens (tertiary/aromatic N) is 1. The van der Waals surface area contributed by atoms with Gasteiger partial charge in [-0.3, -0.25) is 24.1 Å². The van der Waals surface area contributed by atoms with Crippen molar-refractivity contribution in [2.45, 2.75) is 25.7 Å². The number of ether oxygens (including phenoxy) is 3. The van der Waals surface area contributed by atoms with Gasteiger partial charge in [0.2, 0.25) is 11.8 Å². The van der Waals surface area contributed by atoms with Crippen LogP contribution in [0.25, 0.3) is 0 Å². The topological polar surface area (TPSA) is 111 Å². The molecule has 3 rings (SSSR count). The molecule has 1 aliphatic carbocycles. The van der Waals surface area contributed by atoms with E-state index in [-0.39, 0.29) is 23.7 Å². The van der Waals surface area contributed by atoms with Crippen molar-refractivity contribution in [1.82, 2.24) is 4.90 Å². The van der Waals surface area contributed by atoms with Crippen LogP contribution in [0.15, 0.2) is 18.2 Å². The molecular weight excluding hydrogens is 380 g/mol. The summed E-state index contributed by atoms with van der Waals surface area (Å²) >= 11 is 0. The molecule has 1 aromatic carbocycles. The van der Waals surface area contributed by atoms with E-state index in [1.165, 1.54) is 14.2 Å². The van der Waals surface area contributed by atoms with Crippen LogP contribution in [0.1, 0.15) is 25.7 Å². The number of esters is 1. The van der Waals surface area contributed by atoms with Crippen LogP contribution in [0.3, 0.4) is 0 Å². The van der Waals surface area contributed by atoms with Gasteiger partial charge >= 0.3 is 5.97 Å². The lowest BCUT2D eigenvalue weighted by molar-refractivity contribution is -0.154. The Morgan fingerprint density at radius 2 is 1.72 bits per heavy atom. The SMILES string of the molecule is COc1ccc(OC)c(NC(=O)COC(=O)CN2C(=O)[C@@H]3CCCC[C@H]3C2=O)c1. The number of hydrogen-bond acceptors (Lipinski definition) is 7. The highest BCUT2D eigenvalue weighted by atomic mass is 16.5. The van der Waals surface area contributed by atoms with Crippen LogP contribution in [0.2, 0.25) is 0 Å². The number of carbonyl (C=O) groups excluding carboxylic acids is 4. The molecule has 0 bridgehead atoms. The number of imide groups is 1. The van der Waals surface area contributed by atoms with Crippen LogP contribution in [0.4, 0.5) is 5.69 Å². The quantitative estimate of drug-likeness (QED) is 0.539. The number of nitrogens with one attached hydrogen (secondary N) is 1. The summed E-state index contributed by atoms with van der Waals surface area (Å²) in [5.74, 6) is -1.74. The van der Waals surface area contributed by atoms with Gasteiger partial charge in [0.1, 0.15) is 18.0 Å². The highest BCUT2D eigenvalue weighted by Crippen LogP contribution is 2.37. The Kier molecular flexibility index (Phi) is 6.36. The van der Waals surface area contributed by atoms with E-state index < -0.39 is 25.0 Å². The van der Waals surface area contributed by atoms with Gasteiger partial charge in [-0.1, -0.05) is 12.8 Å². The highest BCUT2D eigenvalue weighted by Gasteiger charge is 2.48. The van der Waals surface area contributed by atoms with Crippen molar-refractivity contribution in [3.05, 3.63) is 18.2 Å². The third-order valence-corrected chi connectivity index (χ3v) is 5.26. The van der Waals surface area contributed by atoms with E-state index in [4.69, 9.17) is 14.2 Å². The molecule has 1 saturated heterocycles. The van der Waals surface area contributed by atoms with E-state index in [2.05, 4.69) is 5.32 Å². The van der Waals surface area contributed by atoms with Crippen molar-refractivity contribution in [1.29, 1.82) is 0 Å². The van der Waals surface area contributed by atoms with Gasteiger partial charge in [-0.15, -0.1) is 0 Å². The molecule has 0 aromatic heterocycles. The second-order valence-electron chi connectivity index (χ2n) is 7.04. The fourth-order valence-electron chi connectivity index (χ4n) is 3.81. The van der Waals surface area contributed by atoms with Crippen LogP contribution in [-0.2, 0) is 23.9 Å². The third kappa shape index (κ3) is 4.49. The van der Waals surface area contributed by atoms with E-state index in [0.29, 0.717) is 30.0 Å². The lowest BCUT2D eigenvalue weighted by Crippen LogP contribution is -2.37. The van der Waals surface area contributed by atoms with Gasteiger partial charge in [-0.2, -0.15) is 0 Å². The smallest absolute Gasteiger partial charge is 0.326 e. The number of likely N-dealkylation sites (tertiary alicyclic amines) is 1. The lowest BCUT2D eigenvalue weighted by atomic mass is 9.81. The predicted octanol–water partition coefficient (Wildman–Crippen LogP) is 1.36. The summed E-state index contributed by atoms with van der Waals surface area (Å²) in [7, 11) is 2.95. The Morgan fingerprint density at radius 1 is 1.07 bits per heavy atom. The second kappa shape index (κ2) is 8.93. The van der Waals surface area contributed by atoms with Gasteiger partial charge in [-0.25, -0.2) is 0 Å². The third-order valence-electron chi connectivity index (χ3n) is 5.26. The summed E-state index contributed by atoms with van der Waals surface area (Å²) in [4.78, 5) is 49.9.